The Balaban J connectivity index is 2.26. The van der Waals surface area contributed by atoms with Gasteiger partial charge in [-0.15, -0.1) is 0 Å². The van der Waals surface area contributed by atoms with E-state index in [1.807, 2.05) is 55.5 Å². The summed E-state index contributed by atoms with van der Waals surface area (Å²) in [6, 6.07) is 15.3. The van der Waals surface area contributed by atoms with Gasteiger partial charge in [0.25, 0.3) is 0 Å². The Bertz CT molecular complexity index is 599. The SMILES string of the molecule is Cc1ccc(CN(CC(=O)O)c2ccccc2)c(Cl)c1. The van der Waals surface area contributed by atoms with Crippen molar-refractivity contribution in [3.8, 4) is 0 Å². The largest absolute Gasteiger partial charge is 0.480 e. The van der Waals surface area contributed by atoms with Crippen LogP contribution < -0.4 is 4.90 Å². The van der Waals surface area contributed by atoms with Crippen molar-refractivity contribution in [2.75, 3.05) is 11.4 Å². The van der Waals surface area contributed by atoms with Crippen LogP contribution in [0.1, 0.15) is 11.1 Å². The molecule has 0 saturated heterocycles. The van der Waals surface area contributed by atoms with Crippen LogP contribution in [0.4, 0.5) is 5.69 Å². The van der Waals surface area contributed by atoms with Crippen LogP contribution in [-0.2, 0) is 11.3 Å². The van der Waals surface area contributed by atoms with Gasteiger partial charge < -0.3 is 10.0 Å². The predicted molar refractivity (Wildman–Crippen MR) is 81.3 cm³/mol. The van der Waals surface area contributed by atoms with Crippen molar-refractivity contribution in [1.82, 2.24) is 0 Å². The second-order valence-corrected chi connectivity index (χ2v) is 5.09. The van der Waals surface area contributed by atoms with Crippen molar-refractivity contribution in [3.05, 3.63) is 64.7 Å². The minimum Gasteiger partial charge on any atom is -0.480 e. The fraction of sp³-hybridized carbons (Fsp3) is 0.188. The maximum atomic E-state index is 11.0. The van der Waals surface area contributed by atoms with E-state index in [-0.39, 0.29) is 6.54 Å². The molecule has 0 atom stereocenters. The third kappa shape index (κ3) is 3.75. The molecule has 0 heterocycles. The summed E-state index contributed by atoms with van der Waals surface area (Å²) in [6.45, 7) is 2.38. The Morgan fingerprint density at radius 3 is 2.50 bits per heavy atom. The Morgan fingerprint density at radius 1 is 1.20 bits per heavy atom. The van der Waals surface area contributed by atoms with Gasteiger partial charge in [0.05, 0.1) is 0 Å². The van der Waals surface area contributed by atoms with Crippen LogP contribution >= 0.6 is 11.6 Å². The zero-order chi connectivity index (χ0) is 14.5. The Hall–Kier alpha value is -2.00. The number of hydrogen-bond donors (Lipinski definition) is 1. The average Bonchev–Trinajstić information content (AvgIpc) is 2.41. The lowest BCUT2D eigenvalue weighted by atomic mass is 10.1. The van der Waals surface area contributed by atoms with E-state index in [0.29, 0.717) is 11.6 Å². The smallest absolute Gasteiger partial charge is 0.323 e. The highest BCUT2D eigenvalue weighted by Gasteiger charge is 2.12. The summed E-state index contributed by atoms with van der Waals surface area (Å²) in [5.74, 6) is -0.864. The molecular formula is C16H16ClNO2. The van der Waals surface area contributed by atoms with Crippen LogP contribution in [0.5, 0.6) is 0 Å². The van der Waals surface area contributed by atoms with Crippen molar-refractivity contribution in [3.63, 3.8) is 0 Å². The molecule has 0 aromatic heterocycles. The van der Waals surface area contributed by atoms with Crippen LogP contribution in [0.3, 0.4) is 0 Å². The van der Waals surface area contributed by atoms with E-state index in [1.165, 1.54) is 0 Å². The number of halogens is 1. The lowest BCUT2D eigenvalue weighted by molar-refractivity contribution is -0.135. The molecular weight excluding hydrogens is 274 g/mol. The third-order valence-electron chi connectivity index (χ3n) is 3.02. The second kappa shape index (κ2) is 6.44. The molecule has 0 radical (unpaired) electrons. The molecule has 3 nitrogen and oxygen atoms in total. The van der Waals surface area contributed by atoms with Crippen LogP contribution in [0.2, 0.25) is 5.02 Å². The fourth-order valence-corrected chi connectivity index (χ4v) is 2.32. The summed E-state index contributed by atoms with van der Waals surface area (Å²) in [7, 11) is 0. The molecule has 104 valence electrons. The number of para-hydroxylation sites is 1. The van der Waals surface area contributed by atoms with E-state index in [9.17, 15) is 4.79 Å². The molecule has 0 aliphatic rings. The highest BCUT2D eigenvalue weighted by atomic mass is 35.5. The first kappa shape index (κ1) is 14.4. The molecule has 20 heavy (non-hydrogen) atoms. The predicted octanol–water partition coefficient (Wildman–Crippen LogP) is 3.74. The van der Waals surface area contributed by atoms with Crippen LogP contribution in [-0.4, -0.2) is 17.6 Å². The molecule has 0 aliphatic heterocycles. The van der Waals surface area contributed by atoms with Crippen LogP contribution in [0, 0.1) is 6.92 Å². The average molecular weight is 290 g/mol. The zero-order valence-electron chi connectivity index (χ0n) is 11.2. The summed E-state index contributed by atoms with van der Waals surface area (Å²) >= 11 is 6.22. The Morgan fingerprint density at radius 2 is 1.90 bits per heavy atom. The normalized spacial score (nSPS) is 10.3. The highest BCUT2D eigenvalue weighted by molar-refractivity contribution is 6.31. The first-order valence-electron chi connectivity index (χ1n) is 6.33. The third-order valence-corrected chi connectivity index (χ3v) is 3.37. The van der Waals surface area contributed by atoms with Gasteiger partial charge in [-0.3, -0.25) is 4.79 Å². The van der Waals surface area contributed by atoms with Gasteiger partial charge in [-0.2, -0.15) is 0 Å². The number of aryl methyl sites for hydroxylation is 1. The van der Waals surface area contributed by atoms with Crippen molar-refractivity contribution >= 4 is 23.3 Å². The maximum Gasteiger partial charge on any atom is 0.323 e. The van der Waals surface area contributed by atoms with E-state index in [2.05, 4.69) is 0 Å². The van der Waals surface area contributed by atoms with Crippen molar-refractivity contribution in [2.24, 2.45) is 0 Å². The van der Waals surface area contributed by atoms with E-state index >= 15 is 0 Å². The van der Waals surface area contributed by atoms with E-state index in [1.54, 1.807) is 4.90 Å². The molecule has 2 aromatic carbocycles. The van der Waals surface area contributed by atoms with Crippen molar-refractivity contribution in [2.45, 2.75) is 13.5 Å². The van der Waals surface area contributed by atoms with Gasteiger partial charge in [-0.05, 0) is 36.2 Å². The van der Waals surface area contributed by atoms with Gasteiger partial charge in [-0.1, -0.05) is 41.9 Å². The second-order valence-electron chi connectivity index (χ2n) is 4.68. The first-order valence-corrected chi connectivity index (χ1v) is 6.71. The molecule has 0 spiro atoms. The number of hydrogen-bond acceptors (Lipinski definition) is 2. The summed E-state index contributed by atoms with van der Waals surface area (Å²) in [5, 5.41) is 9.73. The van der Waals surface area contributed by atoms with Crippen LogP contribution in [0.15, 0.2) is 48.5 Å². The van der Waals surface area contributed by atoms with Gasteiger partial charge in [0.15, 0.2) is 0 Å². The zero-order valence-corrected chi connectivity index (χ0v) is 12.0. The number of carboxylic acids is 1. The van der Waals surface area contributed by atoms with Gasteiger partial charge in [0.2, 0.25) is 0 Å². The number of nitrogens with zero attached hydrogens (tertiary/aromatic N) is 1. The quantitative estimate of drug-likeness (QED) is 0.911. The number of aliphatic carboxylic acids is 1. The lowest BCUT2D eigenvalue weighted by Gasteiger charge is -2.23. The topological polar surface area (TPSA) is 40.5 Å². The standard InChI is InChI=1S/C16H16ClNO2/c1-12-7-8-13(15(17)9-12)10-18(11-16(19)20)14-5-3-2-4-6-14/h2-9H,10-11H2,1H3,(H,19,20). The summed E-state index contributed by atoms with van der Waals surface area (Å²) in [5.41, 5.74) is 2.87. The minimum atomic E-state index is -0.864. The molecule has 0 amide bonds. The summed E-state index contributed by atoms with van der Waals surface area (Å²) < 4.78 is 0. The van der Waals surface area contributed by atoms with Crippen molar-refractivity contribution < 1.29 is 9.90 Å². The van der Waals surface area contributed by atoms with Gasteiger partial charge >= 0.3 is 5.97 Å². The minimum absolute atomic E-state index is 0.0613. The maximum absolute atomic E-state index is 11.0. The monoisotopic (exact) mass is 289 g/mol. The number of carbonyl (C=O) groups is 1. The fourth-order valence-electron chi connectivity index (χ4n) is 2.03. The Kier molecular flexibility index (Phi) is 4.64. The molecule has 0 bridgehead atoms. The number of rotatable bonds is 5. The molecule has 2 rings (SSSR count). The van der Waals surface area contributed by atoms with Gasteiger partial charge in [0, 0.05) is 17.3 Å². The number of anilines is 1. The Labute approximate surface area is 123 Å². The summed E-state index contributed by atoms with van der Waals surface area (Å²) in [6.07, 6.45) is 0. The number of carboxylic acid groups (broad SMARTS) is 1. The molecule has 0 unspecified atom stereocenters. The highest BCUT2D eigenvalue weighted by Crippen LogP contribution is 2.22. The molecule has 1 N–H and O–H groups in total. The molecule has 0 saturated carbocycles. The molecule has 0 aliphatic carbocycles. The van der Waals surface area contributed by atoms with Crippen LogP contribution in [0.25, 0.3) is 0 Å². The number of benzene rings is 2. The van der Waals surface area contributed by atoms with E-state index in [0.717, 1.165) is 16.8 Å². The molecule has 2 aromatic rings. The van der Waals surface area contributed by atoms with E-state index < -0.39 is 5.97 Å². The van der Waals surface area contributed by atoms with Gasteiger partial charge in [-0.25, -0.2) is 0 Å². The van der Waals surface area contributed by atoms with Gasteiger partial charge in [0.1, 0.15) is 6.54 Å². The first-order chi connectivity index (χ1) is 9.56. The molecule has 4 heteroatoms. The lowest BCUT2D eigenvalue weighted by Crippen LogP contribution is -2.29. The van der Waals surface area contributed by atoms with E-state index in [4.69, 9.17) is 16.7 Å². The molecule has 0 fully saturated rings. The van der Waals surface area contributed by atoms with Crippen molar-refractivity contribution in [1.29, 1.82) is 0 Å². The summed E-state index contributed by atoms with van der Waals surface area (Å²) in [4.78, 5) is 12.8.